The van der Waals surface area contributed by atoms with Crippen LogP contribution >= 0.6 is 24.0 Å². The molecule has 0 spiro atoms. The van der Waals surface area contributed by atoms with Crippen LogP contribution in [0.15, 0.2) is 35.3 Å². The van der Waals surface area contributed by atoms with Gasteiger partial charge < -0.3 is 20.4 Å². The summed E-state index contributed by atoms with van der Waals surface area (Å²) in [4.78, 5) is 20.1. The van der Waals surface area contributed by atoms with Crippen molar-refractivity contribution < 1.29 is 4.79 Å². The first-order valence-electron chi connectivity index (χ1n) is 8.65. The molecular weight excluding hydrogens is 429 g/mol. The number of benzene rings is 1. The van der Waals surface area contributed by atoms with Crippen molar-refractivity contribution in [2.75, 3.05) is 45.2 Å². The Bertz CT molecular complexity index is 550. The van der Waals surface area contributed by atoms with E-state index in [0.717, 1.165) is 38.4 Å². The molecule has 2 N–H and O–H groups in total. The first-order chi connectivity index (χ1) is 11.6. The first kappa shape index (κ1) is 21.5. The van der Waals surface area contributed by atoms with Gasteiger partial charge in [0.05, 0.1) is 0 Å². The van der Waals surface area contributed by atoms with E-state index >= 15 is 0 Å². The predicted molar refractivity (Wildman–Crippen MR) is 115 cm³/mol. The molecule has 25 heavy (non-hydrogen) atoms. The van der Waals surface area contributed by atoms with E-state index in [9.17, 15) is 4.79 Å². The number of amides is 1. The van der Waals surface area contributed by atoms with Gasteiger partial charge in [0.15, 0.2) is 5.96 Å². The van der Waals surface area contributed by atoms with Crippen molar-refractivity contribution in [2.45, 2.75) is 25.8 Å². The van der Waals surface area contributed by atoms with Crippen LogP contribution in [0.1, 0.15) is 19.8 Å². The van der Waals surface area contributed by atoms with E-state index in [1.807, 2.05) is 6.07 Å². The van der Waals surface area contributed by atoms with Crippen LogP contribution in [0.2, 0.25) is 0 Å². The Morgan fingerprint density at radius 3 is 2.68 bits per heavy atom. The molecule has 6 nitrogen and oxygen atoms in total. The summed E-state index contributed by atoms with van der Waals surface area (Å²) in [6, 6.07) is 10.8. The maximum atomic E-state index is 11.8. The summed E-state index contributed by atoms with van der Waals surface area (Å²) in [6.45, 7) is 5.10. The minimum Gasteiger partial charge on any atom is -0.369 e. The highest BCUT2D eigenvalue weighted by atomic mass is 127. The van der Waals surface area contributed by atoms with Gasteiger partial charge >= 0.3 is 0 Å². The van der Waals surface area contributed by atoms with Gasteiger partial charge in [-0.25, -0.2) is 4.99 Å². The Hall–Kier alpha value is -1.51. The van der Waals surface area contributed by atoms with Crippen LogP contribution in [-0.4, -0.2) is 63.1 Å². The fraction of sp³-hybridized carbons (Fsp3) is 0.556. The Balaban J connectivity index is 0.00000312. The van der Waals surface area contributed by atoms with Crippen molar-refractivity contribution in [3.05, 3.63) is 30.3 Å². The number of carbonyl (C=O) groups excluding carboxylic acids is 1. The van der Waals surface area contributed by atoms with Crippen LogP contribution in [0.4, 0.5) is 5.69 Å². The molecule has 1 aliphatic rings. The molecule has 0 radical (unpaired) electrons. The van der Waals surface area contributed by atoms with Gasteiger partial charge in [-0.2, -0.15) is 0 Å². The zero-order valence-electron chi connectivity index (χ0n) is 15.4. The van der Waals surface area contributed by atoms with Gasteiger partial charge in [0, 0.05) is 45.5 Å². The third kappa shape index (κ3) is 7.09. The number of para-hydroxylation sites is 1. The lowest BCUT2D eigenvalue weighted by Gasteiger charge is -2.20. The number of likely N-dealkylation sites (N-methyl/N-ethyl adjacent to an activating group) is 1. The third-order valence-electron chi connectivity index (χ3n) is 4.06. The minimum absolute atomic E-state index is 0. The predicted octanol–water partition coefficient (Wildman–Crippen LogP) is 1.92. The van der Waals surface area contributed by atoms with Crippen LogP contribution in [-0.2, 0) is 4.79 Å². The molecule has 0 saturated carbocycles. The monoisotopic (exact) mass is 459 g/mol. The molecule has 1 aromatic carbocycles. The van der Waals surface area contributed by atoms with Crippen LogP contribution in [0.3, 0.4) is 0 Å². The zero-order chi connectivity index (χ0) is 17.4. The van der Waals surface area contributed by atoms with E-state index < -0.39 is 0 Å². The average Bonchev–Trinajstić information content (AvgIpc) is 3.06. The summed E-state index contributed by atoms with van der Waals surface area (Å²) in [6.07, 6.45) is 2.08. The Kier molecular flexibility index (Phi) is 9.62. The molecule has 1 amide bonds. The fourth-order valence-electron chi connectivity index (χ4n) is 2.63. The van der Waals surface area contributed by atoms with E-state index in [0.29, 0.717) is 6.04 Å². The summed E-state index contributed by atoms with van der Waals surface area (Å²) in [7, 11) is 3.50. The Morgan fingerprint density at radius 1 is 1.32 bits per heavy atom. The van der Waals surface area contributed by atoms with Crippen LogP contribution in [0, 0.1) is 0 Å². The van der Waals surface area contributed by atoms with Crippen molar-refractivity contribution >= 4 is 41.5 Å². The van der Waals surface area contributed by atoms with E-state index in [-0.39, 0.29) is 36.4 Å². The highest BCUT2D eigenvalue weighted by Gasteiger charge is 2.23. The molecule has 0 aromatic heterocycles. The Morgan fingerprint density at radius 2 is 2.04 bits per heavy atom. The van der Waals surface area contributed by atoms with E-state index in [4.69, 9.17) is 0 Å². The molecular formula is C18H30IN5O. The largest absolute Gasteiger partial charge is 0.369 e. The molecule has 1 aliphatic heterocycles. The van der Waals surface area contributed by atoms with E-state index in [1.165, 1.54) is 5.69 Å². The molecule has 1 unspecified atom stereocenters. The number of guanidine groups is 1. The second-order valence-electron chi connectivity index (χ2n) is 6.29. The molecule has 1 aromatic rings. The van der Waals surface area contributed by atoms with Crippen LogP contribution in [0.5, 0.6) is 0 Å². The third-order valence-corrected chi connectivity index (χ3v) is 4.06. The first-order valence-corrected chi connectivity index (χ1v) is 8.65. The highest BCUT2D eigenvalue weighted by molar-refractivity contribution is 14.0. The second-order valence-corrected chi connectivity index (χ2v) is 6.29. The van der Waals surface area contributed by atoms with Gasteiger partial charge in [0.25, 0.3) is 0 Å². The average molecular weight is 459 g/mol. The zero-order valence-corrected chi connectivity index (χ0v) is 17.7. The number of halogens is 1. The molecule has 2 rings (SSSR count). The smallest absolute Gasteiger partial charge is 0.243 e. The summed E-state index contributed by atoms with van der Waals surface area (Å²) in [5.41, 5.74) is 1.25. The summed E-state index contributed by atoms with van der Waals surface area (Å²) < 4.78 is 0. The number of nitrogens with one attached hydrogen (secondary N) is 2. The normalized spacial score (nSPS) is 17.0. The molecule has 1 atom stereocenters. The van der Waals surface area contributed by atoms with Gasteiger partial charge in [0.2, 0.25) is 5.91 Å². The van der Waals surface area contributed by atoms with E-state index in [1.54, 1.807) is 19.0 Å². The number of aliphatic imine (C=N–C) groups is 1. The molecule has 7 heteroatoms. The molecule has 1 saturated heterocycles. The summed E-state index contributed by atoms with van der Waals surface area (Å²) >= 11 is 0. The molecule has 140 valence electrons. The van der Waals surface area contributed by atoms with Crippen molar-refractivity contribution in [1.29, 1.82) is 0 Å². The number of rotatable bonds is 6. The number of nitrogens with zero attached hydrogens (tertiary/aromatic N) is 3. The quantitative estimate of drug-likeness (QED) is 0.388. The molecule has 0 aliphatic carbocycles. The number of anilines is 1. The maximum absolute atomic E-state index is 11.8. The van der Waals surface area contributed by atoms with Gasteiger partial charge in [-0.15, -0.1) is 24.0 Å². The Labute approximate surface area is 168 Å². The number of carbonyl (C=O) groups is 1. The van der Waals surface area contributed by atoms with Crippen LogP contribution < -0.4 is 15.5 Å². The number of hydrogen-bond acceptors (Lipinski definition) is 3. The lowest BCUT2D eigenvalue weighted by atomic mass is 10.2. The van der Waals surface area contributed by atoms with Gasteiger partial charge in [0.1, 0.15) is 6.54 Å². The topological polar surface area (TPSA) is 60.0 Å². The molecule has 0 bridgehead atoms. The van der Waals surface area contributed by atoms with Crippen molar-refractivity contribution in [3.63, 3.8) is 0 Å². The van der Waals surface area contributed by atoms with Gasteiger partial charge in [-0.1, -0.05) is 25.1 Å². The van der Waals surface area contributed by atoms with E-state index in [2.05, 4.69) is 51.7 Å². The molecule has 1 heterocycles. The number of hydrogen-bond donors (Lipinski definition) is 2. The summed E-state index contributed by atoms with van der Waals surface area (Å²) in [5, 5.41) is 6.77. The van der Waals surface area contributed by atoms with Crippen molar-refractivity contribution in [3.8, 4) is 0 Å². The molecule has 1 fully saturated rings. The highest BCUT2D eigenvalue weighted by Crippen LogP contribution is 2.19. The van der Waals surface area contributed by atoms with Gasteiger partial charge in [-0.3, -0.25) is 4.79 Å². The van der Waals surface area contributed by atoms with Crippen LogP contribution in [0.25, 0.3) is 0 Å². The standard InChI is InChI=1S/C18H29N5O.HI/c1-4-11-19-18(20-13-17(24)22(2)3)21-15-10-12-23(14-15)16-8-6-5-7-9-16;/h5-9,15H,4,10-14H2,1-3H3,(H2,19,20,21);1H. The lowest BCUT2D eigenvalue weighted by molar-refractivity contribution is -0.127. The minimum atomic E-state index is 0. The SMILES string of the molecule is CCCNC(=NCC(=O)N(C)C)NC1CCN(c2ccccc2)C1.I. The second kappa shape index (κ2) is 11.2. The van der Waals surface area contributed by atoms with Crippen molar-refractivity contribution in [2.24, 2.45) is 4.99 Å². The maximum Gasteiger partial charge on any atom is 0.243 e. The fourth-order valence-corrected chi connectivity index (χ4v) is 2.63. The van der Waals surface area contributed by atoms with Gasteiger partial charge in [-0.05, 0) is 25.0 Å². The van der Waals surface area contributed by atoms with Crippen molar-refractivity contribution in [1.82, 2.24) is 15.5 Å². The summed E-state index contributed by atoms with van der Waals surface area (Å²) in [5.74, 6) is 0.733. The lowest BCUT2D eigenvalue weighted by Crippen LogP contribution is -2.45.